The highest BCUT2D eigenvalue weighted by atomic mass is 15.3. The van der Waals surface area contributed by atoms with Gasteiger partial charge in [-0.05, 0) is 6.07 Å². The summed E-state index contributed by atoms with van der Waals surface area (Å²) in [5, 5.41) is 7.33. The third-order valence-electron chi connectivity index (χ3n) is 2.23. The zero-order valence-corrected chi connectivity index (χ0v) is 8.91. The average molecular weight is 217 g/mol. The highest BCUT2D eigenvalue weighted by molar-refractivity contribution is 5.80. The Morgan fingerprint density at radius 1 is 1.44 bits per heavy atom. The highest BCUT2D eigenvalue weighted by Crippen LogP contribution is 2.00. The number of fused-ring (bicyclic) bond motifs is 1. The Morgan fingerprint density at radius 2 is 2.25 bits per heavy atom. The Morgan fingerprint density at radius 3 is 2.94 bits per heavy atom. The van der Waals surface area contributed by atoms with Gasteiger partial charge in [0.1, 0.15) is 12.4 Å². The van der Waals surface area contributed by atoms with Crippen molar-refractivity contribution >= 4 is 17.8 Å². The minimum atomic E-state index is -0.0531. The lowest BCUT2D eigenvalue weighted by Crippen LogP contribution is -2.21. The number of pyridine rings is 1. The second kappa shape index (κ2) is 4.01. The molecule has 0 aliphatic carbocycles. The standard InChI is InChI=1S/C10H13N6/c1-15-8(6-13-14-10(11)12)7-16-5-3-2-4-9(15)16/h2-7H,1H3,(H4,11,12,14)/q+1/b13-6-. The highest BCUT2D eigenvalue weighted by Gasteiger charge is 2.10. The summed E-state index contributed by atoms with van der Waals surface area (Å²) in [5.74, 6) is -0.0531. The lowest BCUT2D eigenvalue weighted by molar-refractivity contribution is -0.510. The van der Waals surface area contributed by atoms with Gasteiger partial charge >= 0.3 is 0 Å². The van der Waals surface area contributed by atoms with Crippen LogP contribution in [0, 0.1) is 0 Å². The third kappa shape index (κ3) is 1.85. The first-order valence-electron chi connectivity index (χ1n) is 4.76. The van der Waals surface area contributed by atoms with Crippen LogP contribution in [0.2, 0.25) is 0 Å². The maximum atomic E-state index is 5.17. The molecule has 2 aromatic rings. The monoisotopic (exact) mass is 217 g/mol. The first-order valence-corrected chi connectivity index (χ1v) is 4.76. The van der Waals surface area contributed by atoms with Gasteiger partial charge in [0.2, 0.25) is 5.96 Å². The van der Waals surface area contributed by atoms with Crippen molar-refractivity contribution in [2.24, 2.45) is 28.7 Å². The van der Waals surface area contributed by atoms with E-state index < -0.39 is 0 Å². The van der Waals surface area contributed by atoms with E-state index in [2.05, 4.69) is 10.2 Å². The molecule has 0 saturated heterocycles. The molecule has 0 saturated carbocycles. The molecule has 0 bridgehead atoms. The van der Waals surface area contributed by atoms with E-state index in [4.69, 9.17) is 11.5 Å². The first-order chi connectivity index (χ1) is 7.68. The number of aryl methyl sites for hydroxylation is 1. The number of imidazole rings is 1. The molecule has 0 spiro atoms. The van der Waals surface area contributed by atoms with Crippen molar-refractivity contribution in [2.45, 2.75) is 0 Å². The van der Waals surface area contributed by atoms with E-state index in [9.17, 15) is 0 Å². The summed E-state index contributed by atoms with van der Waals surface area (Å²) in [5.41, 5.74) is 12.3. The molecule has 0 fully saturated rings. The minimum absolute atomic E-state index is 0.0531. The lowest BCUT2D eigenvalue weighted by Gasteiger charge is -1.87. The van der Waals surface area contributed by atoms with E-state index in [1.807, 2.05) is 46.6 Å². The van der Waals surface area contributed by atoms with Crippen molar-refractivity contribution in [2.75, 3.05) is 0 Å². The molecule has 82 valence electrons. The SMILES string of the molecule is Cn1c(/C=N\N=C(N)N)c[n+]2ccccc12. The van der Waals surface area contributed by atoms with Gasteiger partial charge in [-0.3, -0.25) is 0 Å². The fourth-order valence-corrected chi connectivity index (χ4v) is 1.48. The van der Waals surface area contributed by atoms with Crippen LogP contribution in [0.3, 0.4) is 0 Å². The zero-order chi connectivity index (χ0) is 11.5. The maximum absolute atomic E-state index is 5.17. The Kier molecular flexibility index (Phi) is 2.55. The van der Waals surface area contributed by atoms with Gasteiger partial charge in [-0.1, -0.05) is 6.07 Å². The van der Waals surface area contributed by atoms with E-state index in [1.165, 1.54) is 0 Å². The molecule has 0 amide bonds. The summed E-state index contributed by atoms with van der Waals surface area (Å²) < 4.78 is 3.99. The second-order valence-corrected chi connectivity index (χ2v) is 3.35. The van der Waals surface area contributed by atoms with Crippen LogP contribution in [-0.2, 0) is 7.05 Å². The topological polar surface area (TPSA) is 85.8 Å². The molecule has 2 rings (SSSR count). The number of nitrogens with zero attached hydrogens (tertiary/aromatic N) is 4. The van der Waals surface area contributed by atoms with Crippen LogP contribution in [0.5, 0.6) is 0 Å². The Labute approximate surface area is 92.5 Å². The van der Waals surface area contributed by atoms with Crippen molar-refractivity contribution in [3.63, 3.8) is 0 Å². The predicted molar refractivity (Wildman–Crippen MR) is 62.0 cm³/mol. The van der Waals surface area contributed by atoms with Crippen LogP contribution < -0.4 is 15.9 Å². The van der Waals surface area contributed by atoms with E-state index in [1.54, 1.807) is 6.21 Å². The first kappa shape index (κ1) is 10.2. The number of nitrogens with two attached hydrogens (primary N) is 2. The van der Waals surface area contributed by atoms with Gasteiger partial charge in [0.05, 0.1) is 13.2 Å². The van der Waals surface area contributed by atoms with Gasteiger partial charge < -0.3 is 11.5 Å². The molecule has 6 heteroatoms. The van der Waals surface area contributed by atoms with E-state index in [-0.39, 0.29) is 5.96 Å². The van der Waals surface area contributed by atoms with Crippen LogP contribution in [0.4, 0.5) is 0 Å². The van der Waals surface area contributed by atoms with Gasteiger partial charge in [-0.15, -0.1) is 5.10 Å². The summed E-state index contributed by atoms with van der Waals surface area (Å²) in [6.45, 7) is 0. The van der Waals surface area contributed by atoms with Crippen molar-refractivity contribution < 1.29 is 4.40 Å². The van der Waals surface area contributed by atoms with Gasteiger partial charge in [0.25, 0.3) is 5.65 Å². The molecular weight excluding hydrogens is 204 g/mol. The molecule has 2 aromatic heterocycles. The number of hydrogen-bond acceptors (Lipinski definition) is 2. The normalized spacial score (nSPS) is 11.1. The van der Waals surface area contributed by atoms with Crippen molar-refractivity contribution in [3.05, 3.63) is 36.3 Å². The molecule has 6 nitrogen and oxygen atoms in total. The summed E-state index contributed by atoms with van der Waals surface area (Å²) in [4.78, 5) is 0. The zero-order valence-electron chi connectivity index (χ0n) is 8.91. The number of guanidine groups is 1. The smallest absolute Gasteiger partial charge is 0.286 e. The minimum Gasteiger partial charge on any atom is -0.369 e. The molecule has 0 aliphatic rings. The number of aromatic nitrogens is 2. The average Bonchev–Trinajstić information content (AvgIpc) is 2.56. The fourth-order valence-electron chi connectivity index (χ4n) is 1.48. The molecule has 0 unspecified atom stereocenters. The molecule has 0 radical (unpaired) electrons. The van der Waals surface area contributed by atoms with Crippen LogP contribution in [0.1, 0.15) is 5.69 Å². The van der Waals surface area contributed by atoms with Crippen molar-refractivity contribution in [1.29, 1.82) is 0 Å². The molecule has 0 atom stereocenters. The van der Waals surface area contributed by atoms with Crippen molar-refractivity contribution in [3.8, 4) is 0 Å². The largest absolute Gasteiger partial charge is 0.369 e. The number of hydrogen-bond donors (Lipinski definition) is 2. The lowest BCUT2D eigenvalue weighted by atomic mass is 10.5. The van der Waals surface area contributed by atoms with E-state index in [0.29, 0.717) is 0 Å². The summed E-state index contributed by atoms with van der Waals surface area (Å²) >= 11 is 0. The quantitative estimate of drug-likeness (QED) is 0.304. The summed E-state index contributed by atoms with van der Waals surface area (Å²) in [6, 6.07) is 5.95. The van der Waals surface area contributed by atoms with Crippen molar-refractivity contribution in [1.82, 2.24) is 4.57 Å². The summed E-state index contributed by atoms with van der Waals surface area (Å²) in [7, 11) is 1.95. The molecule has 0 aromatic carbocycles. The Hall–Kier alpha value is -2.37. The molecule has 0 aliphatic heterocycles. The van der Waals surface area contributed by atoms with Gasteiger partial charge in [-0.25, -0.2) is 8.97 Å². The molecule has 16 heavy (non-hydrogen) atoms. The van der Waals surface area contributed by atoms with Crippen LogP contribution in [0.25, 0.3) is 5.65 Å². The molecule has 2 heterocycles. The number of rotatable bonds is 2. The summed E-state index contributed by atoms with van der Waals surface area (Å²) in [6.07, 6.45) is 5.51. The Bertz CT molecular complexity index is 562. The molecule has 4 N–H and O–H groups in total. The van der Waals surface area contributed by atoms with Crippen LogP contribution in [0.15, 0.2) is 40.8 Å². The molecular formula is C10H13N6+. The third-order valence-corrected chi connectivity index (χ3v) is 2.23. The van der Waals surface area contributed by atoms with Crippen LogP contribution in [-0.4, -0.2) is 16.7 Å². The fraction of sp³-hybridized carbons (Fsp3) is 0.100. The second-order valence-electron chi connectivity index (χ2n) is 3.35. The maximum Gasteiger partial charge on any atom is 0.286 e. The van der Waals surface area contributed by atoms with E-state index in [0.717, 1.165) is 11.3 Å². The van der Waals surface area contributed by atoms with Gasteiger partial charge in [0.15, 0.2) is 5.69 Å². The van der Waals surface area contributed by atoms with Crippen LogP contribution >= 0.6 is 0 Å². The van der Waals surface area contributed by atoms with Gasteiger partial charge in [-0.2, -0.15) is 5.10 Å². The van der Waals surface area contributed by atoms with Gasteiger partial charge in [0, 0.05) is 6.07 Å². The Balaban J connectivity index is 2.42. The predicted octanol–water partition coefficient (Wildman–Crippen LogP) is -0.629. The van der Waals surface area contributed by atoms with E-state index >= 15 is 0 Å².